The van der Waals surface area contributed by atoms with Crippen LogP contribution in [0.15, 0.2) is 0 Å². The summed E-state index contributed by atoms with van der Waals surface area (Å²) in [5, 5.41) is 6.36. The molecule has 18 heavy (non-hydrogen) atoms. The Morgan fingerprint density at radius 1 is 1.22 bits per heavy atom. The van der Waals surface area contributed by atoms with E-state index in [1.807, 2.05) is 20.8 Å². The number of hydrogen-bond donors (Lipinski definition) is 2. The first kappa shape index (κ1) is 15.3. The Morgan fingerprint density at radius 2 is 1.83 bits per heavy atom. The standard InChI is InChI=1S/C14H28N2O2/c1-13(2,3)18-12(17)15-10-7-11-16-14(4)8-5-6-9-14/h16H,5-11H2,1-4H3,(H,15,17). The zero-order chi connectivity index (χ0) is 13.6. The Morgan fingerprint density at radius 3 is 2.39 bits per heavy atom. The lowest BCUT2D eigenvalue weighted by Crippen LogP contribution is -2.41. The van der Waals surface area contributed by atoms with Gasteiger partial charge < -0.3 is 15.4 Å². The first-order valence-corrected chi connectivity index (χ1v) is 7.03. The number of amides is 1. The number of nitrogens with one attached hydrogen (secondary N) is 2. The molecular formula is C14H28N2O2. The van der Waals surface area contributed by atoms with Crippen LogP contribution in [0, 0.1) is 0 Å². The summed E-state index contributed by atoms with van der Waals surface area (Å²) in [6.45, 7) is 9.52. The van der Waals surface area contributed by atoms with Gasteiger partial charge in [0.25, 0.3) is 0 Å². The van der Waals surface area contributed by atoms with Gasteiger partial charge in [0.05, 0.1) is 0 Å². The number of rotatable bonds is 5. The maximum Gasteiger partial charge on any atom is 0.407 e. The molecule has 0 aromatic heterocycles. The van der Waals surface area contributed by atoms with Crippen LogP contribution in [0.2, 0.25) is 0 Å². The number of hydrogen-bond acceptors (Lipinski definition) is 3. The maximum absolute atomic E-state index is 11.4. The molecule has 0 atom stereocenters. The van der Waals surface area contributed by atoms with Crippen LogP contribution >= 0.6 is 0 Å². The second-order valence-electron chi connectivity index (χ2n) is 6.48. The normalized spacial score (nSPS) is 18.7. The van der Waals surface area contributed by atoms with Crippen molar-refractivity contribution in [1.29, 1.82) is 0 Å². The van der Waals surface area contributed by atoms with Gasteiger partial charge in [-0.15, -0.1) is 0 Å². The zero-order valence-corrected chi connectivity index (χ0v) is 12.3. The van der Waals surface area contributed by atoms with Crippen molar-refractivity contribution in [1.82, 2.24) is 10.6 Å². The number of alkyl carbamates (subject to hydrolysis) is 1. The highest BCUT2D eigenvalue weighted by Gasteiger charge is 2.27. The van der Waals surface area contributed by atoms with Crippen molar-refractivity contribution in [3.63, 3.8) is 0 Å². The van der Waals surface area contributed by atoms with Gasteiger partial charge in [-0.25, -0.2) is 4.79 Å². The quantitative estimate of drug-likeness (QED) is 0.744. The second kappa shape index (κ2) is 6.41. The highest BCUT2D eigenvalue weighted by Crippen LogP contribution is 2.28. The largest absolute Gasteiger partial charge is 0.444 e. The number of carbonyl (C=O) groups is 1. The van der Waals surface area contributed by atoms with E-state index >= 15 is 0 Å². The fourth-order valence-corrected chi connectivity index (χ4v) is 2.32. The lowest BCUT2D eigenvalue weighted by molar-refractivity contribution is 0.0527. The summed E-state index contributed by atoms with van der Waals surface area (Å²) in [7, 11) is 0. The van der Waals surface area contributed by atoms with E-state index in [1.165, 1.54) is 25.7 Å². The molecule has 1 rings (SSSR count). The van der Waals surface area contributed by atoms with E-state index < -0.39 is 5.60 Å². The summed E-state index contributed by atoms with van der Waals surface area (Å²) in [5.41, 5.74) is -0.0917. The van der Waals surface area contributed by atoms with E-state index in [-0.39, 0.29) is 6.09 Å². The van der Waals surface area contributed by atoms with Crippen molar-refractivity contribution in [3.8, 4) is 0 Å². The van der Waals surface area contributed by atoms with Gasteiger partial charge in [0.2, 0.25) is 0 Å². The molecule has 0 aliphatic heterocycles. The molecule has 0 aromatic rings. The molecule has 0 saturated heterocycles. The monoisotopic (exact) mass is 256 g/mol. The average Bonchev–Trinajstić information content (AvgIpc) is 2.62. The van der Waals surface area contributed by atoms with Crippen LogP contribution in [-0.4, -0.2) is 30.3 Å². The van der Waals surface area contributed by atoms with Gasteiger partial charge in [0, 0.05) is 12.1 Å². The molecule has 106 valence electrons. The van der Waals surface area contributed by atoms with Gasteiger partial charge in [-0.05, 0) is 53.5 Å². The summed E-state index contributed by atoms with van der Waals surface area (Å²) < 4.78 is 5.17. The van der Waals surface area contributed by atoms with Gasteiger partial charge in [-0.3, -0.25) is 0 Å². The summed E-state index contributed by atoms with van der Waals surface area (Å²) >= 11 is 0. The van der Waals surface area contributed by atoms with Crippen LogP contribution in [-0.2, 0) is 4.74 Å². The third kappa shape index (κ3) is 6.24. The van der Waals surface area contributed by atoms with Crippen molar-refractivity contribution < 1.29 is 9.53 Å². The minimum absolute atomic E-state index is 0.324. The van der Waals surface area contributed by atoms with Gasteiger partial charge in [-0.2, -0.15) is 0 Å². The molecule has 0 unspecified atom stereocenters. The highest BCUT2D eigenvalue weighted by atomic mass is 16.6. The SMILES string of the molecule is CC1(NCCCNC(=O)OC(C)(C)C)CCCC1. The van der Waals surface area contributed by atoms with Crippen LogP contribution in [0.3, 0.4) is 0 Å². The van der Waals surface area contributed by atoms with Gasteiger partial charge >= 0.3 is 6.09 Å². The third-order valence-corrected chi connectivity index (χ3v) is 3.28. The van der Waals surface area contributed by atoms with Gasteiger partial charge in [0.1, 0.15) is 5.60 Å². The molecule has 1 aliphatic rings. The van der Waals surface area contributed by atoms with E-state index in [0.717, 1.165) is 13.0 Å². The van der Waals surface area contributed by atoms with Crippen LogP contribution in [0.4, 0.5) is 4.79 Å². The Kier molecular flexibility index (Phi) is 5.45. The zero-order valence-electron chi connectivity index (χ0n) is 12.3. The maximum atomic E-state index is 11.4. The molecule has 1 amide bonds. The van der Waals surface area contributed by atoms with E-state index in [0.29, 0.717) is 12.1 Å². The lowest BCUT2D eigenvalue weighted by Gasteiger charge is -2.25. The van der Waals surface area contributed by atoms with Gasteiger partial charge in [-0.1, -0.05) is 12.8 Å². The minimum atomic E-state index is -0.417. The number of ether oxygens (including phenoxy) is 1. The summed E-state index contributed by atoms with van der Waals surface area (Å²) in [4.78, 5) is 11.4. The molecular weight excluding hydrogens is 228 g/mol. The van der Waals surface area contributed by atoms with Crippen molar-refractivity contribution in [2.45, 2.75) is 70.9 Å². The Labute approximate surface area is 111 Å². The van der Waals surface area contributed by atoms with Crippen LogP contribution in [0.1, 0.15) is 59.8 Å². The molecule has 0 bridgehead atoms. The van der Waals surface area contributed by atoms with E-state index in [1.54, 1.807) is 0 Å². The van der Waals surface area contributed by atoms with Crippen molar-refractivity contribution in [2.75, 3.05) is 13.1 Å². The molecule has 0 heterocycles. The highest BCUT2D eigenvalue weighted by molar-refractivity contribution is 5.67. The van der Waals surface area contributed by atoms with Crippen molar-refractivity contribution in [3.05, 3.63) is 0 Å². The fraction of sp³-hybridized carbons (Fsp3) is 0.929. The Hall–Kier alpha value is -0.770. The van der Waals surface area contributed by atoms with E-state index in [2.05, 4.69) is 17.6 Å². The molecule has 4 heteroatoms. The molecule has 0 aromatic carbocycles. The molecule has 2 N–H and O–H groups in total. The molecule has 0 radical (unpaired) electrons. The van der Waals surface area contributed by atoms with Crippen LogP contribution < -0.4 is 10.6 Å². The summed E-state index contributed by atoms with van der Waals surface area (Å²) in [6, 6.07) is 0. The first-order valence-electron chi connectivity index (χ1n) is 7.03. The smallest absolute Gasteiger partial charge is 0.407 e. The van der Waals surface area contributed by atoms with E-state index in [9.17, 15) is 4.79 Å². The Bertz CT molecular complexity index is 265. The van der Waals surface area contributed by atoms with Crippen molar-refractivity contribution in [2.24, 2.45) is 0 Å². The molecule has 1 aliphatic carbocycles. The summed E-state index contributed by atoms with van der Waals surface area (Å²) in [5.74, 6) is 0. The topological polar surface area (TPSA) is 50.4 Å². The lowest BCUT2D eigenvalue weighted by atomic mass is 10.0. The molecule has 0 spiro atoms. The summed E-state index contributed by atoms with van der Waals surface area (Å²) in [6.07, 6.45) is 5.82. The fourth-order valence-electron chi connectivity index (χ4n) is 2.32. The Balaban J connectivity index is 2.03. The molecule has 1 fully saturated rings. The van der Waals surface area contributed by atoms with Gasteiger partial charge in [0.15, 0.2) is 0 Å². The average molecular weight is 256 g/mol. The second-order valence-corrected chi connectivity index (χ2v) is 6.48. The van der Waals surface area contributed by atoms with Crippen molar-refractivity contribution >= 4 is 6.09 Å². The van der Waals surface area contributed by atoms with E-state index in [4.69, 9.17) is 4.74 Å². The first-order chi connectivity index (χ1) is 8.31. The minimum Gasteiger partial charge on any atom is -0.444 e. The predicted octanol–water partition coefficient (Wildman–Crippen LogP) is 2.82. The van der Waals surface area contributed by atoms with Crippen LogP contribution in [0.25, 0.3) is 0 Å². The predicted molar refractivity (Wildman–Crippen MR) is 73.7 cm³/mol. The third-order valence-electron chi connectivity index (χ3n) is 3.28. The van der Waals surface area contributed by atoms with Crippen LogP contribution in [0.5, 0.6) is 0 Å². The molecule has 4 nitrogen and oxygen atoms in total. The number of carbonyl (C=O) groups excluding carboxylic acids is 1. The molecule has 1 saturated carbocycles.